The van der Waals surface area contributed by atoms with E-state index in [9.17, 15) is 48.3 Å². The third-order valence-electron chi connectivity index (χ3n) is 7.20. The van der Waals surface area contributed by atoms with Crippen molar-refractivity contribution in [3.63, 3.8) is 0 Å². The van der Waals surface area contributed by atoms with Crippen molar-refractivity contribution < 1.29 is 48.3 Å². The molecule has 4 rings (SSSR count). The number of hydrogen-bond donors (Lipinski definition) is 1. The van der Waals surface area contributed by atoms with E-state index in [0.717, 1.165) is 36.4 Å². The fourth-order valence-electron chi connectivity index (χ4n) is 4.97. The Bertz CT molecular complexity index is 1470. The average Bonchev–Trinajstić information content (AvgIpc) is 2.92. The highest BCUT2D eigenvalue weighted by molar-refractivity contribution is 7.92. The normalized spacial score (nSPS) is 20.4. The molecule has 220 valence electrons. The summed E-state index contributed by atoms with van der Waals surface area (Å²) in [4.78, 5) is 12.2. The molecule has 0 bridgehead atoms. The second kappa shape index (κ2) is 10.7. The van der Waals surface area contributed by atoms with Crippen LogP contribution in [0.3, 0.4) is 0 Å². The maximum atomic E-state index is 14.6. The van der Waals surface area contributed by atoms with Gasteiger partial charge >= 0.3 is 18.0 Å². The van der Waals surface area contributed by atoms with Gasteiger partial charge < -0.3 is 5.32 Å². The number of carbonyl (C=O) groups excluding carboxylic acids is 1. The molecule has 41 heavy (non-hydrogen) atoms. The Labute approximate surface area is 228 Å². The summed E-state index contributed by atoms with van der Waals surface area (Å²) in [5.74, 6) is -1.25. The predicted octanol–water partition coefficient (Wildman–Crippen LogP) is 5.95. The van der Waals surface area contributed by atoms with Gasteiger partial charge in [0.2, 0.25) is 0 Å². The molecule has 0 aliphatic heterocycles. The van der Waals surface area contributed by atoms with Gasteiger partial charge in [0.15, 0.2) is 9.84 Å². The molecule has 1 amide bonds. The summed E-state index contributed by atoms with van der Waals surface area (Å²) in [7, 11) is -4.44. The molecule has 1 aromatic heterocycles. The first kappa shape index (κ1) is 30.3. The van der Waals surface area contributed by atoms with Crippen LogP contribution in [0.4, 0.5) is 35.1 Å². The van der Waals surface area contributed by atoms with Crippen LogP contribution >= 0.6 is 0 Å². The smallest absolute Gasteiger partial charge is 0.349 e. The molecule has 0 unspecified atom stereocenters. The van der Waals surface area contributed by atoms with E-state index < -0.39 is 55.9 Å². The number of carbonyl (C=O) groups is 1. The summed E-state index contributed by atoms with van der Waals surface area (Å²) in [5.41, 5.74) is -7.44. The topological polar surface area (TPSA) is 89.0 Å². The molecule has 3 aromatic rings. The molecule has 6 nitrogen and oxygen atoms in total. The fraction of sp³-hybridized carbons (Fsp3) is 0.346. The van der Waals surface area contributed by atoms with Crippen molar-refractivity contribution in [3.8, 4) is 0 Å². The Morgan fingerprint density at radius 3 is 1.88 bits per heavy atom. The molecule has 0 radical (unpaired) electrons. The van der Waals surface area contributed by atoms with E-state index in [4.69, 9.17) is 0 Å². The summed E-state index contributed by atoms with van der Waals surface area (Å²) in [6, 6.07) is 6.61. The Kier molecular flexibility index (Phi) is 7.88. The van der Waals surface area contributed by atoms with Crippen molar-refractivity contribution in [2.45, 2.75) is 59.4 Å². The Balaban J connectivity index is 1.72. The minimum Gasteiger partial charge on any atom is -0.349 e. The zero-order valence-electron chi connectivity index (χ0n) is 20.8. The van der Waals surface area contributed by atoms with Crippen molar-refractivity contribution >= 4 is 15.7 Å². The molecular formula is C26H21F8N3O3S. The second-order valence-corrected chi connectivity index (χ2v) is 11.8. The number of nitrogens with zero attached hydrogens (tertiary/aromatic N) is 2. The third kappa shape index (κ3) is 5.38. The molecule has 1 heterocycles. The number of benzene rings is 2. The Hall–Kier alpha value is -3.62. The predicted molar refractivity (Wildman–Crippen MR) is 128 cm³/mol. The van der Waals surface area contributed by atoms with Crippen LogP contribution in [0.1, 0.15) is 47.2 Å². The monoisotopic (exact) mass is 607 g/mol. The summed E-state index contributed by atoms with van der Waals surface area (Å²) < 4.78 is 134. The van der Waals surface area contributed by atoms with Gasteiger partial charge in [-0.25, -0.2) is 17.2 Å². The minimum absolute atomic E-state index is 0.0462. The van der Waals surface area contributed by atoms with Crippen LogP contribution in [0.2, 0.25) is 0 Å². The zero-order valence-corrected chi connectivity index (χ0v) is 21.6. The number of amides is 1. The van der Waals surface area contributed by atoms with Crippen molar-refractivity contribution in [1.29, 1.82) is 0 Å². The highest BCUT2D eigenvalue weighted by Gasteiger charge is 2.73. The summed E-state index contributed by atoms with van der Waals surface area (Å²) in [6.45, 7) is 0. The Morgan fingerprint density at radius 2 is 1.39 bits per heavy atom. The number of rotatable bonds is 6. The van der Waals surface area contributed by atoms with Gasteiger partial charge in [0, 0.05) is 11.6 Å². The summed E-state index contributed by atoms with van der Waals surface area (Å²) in [5, 5.41) is 9.91. The molecule has 0 atom stereocenters. The minimum atomic E-state index is -6.34. The van der Waals surface area contributed by atoms with Crippen molar-refractivity contribution in [3.05, 3.63) is 89.5 Å². The lowest BCUT2D eigenvalue weighted by Gasteiger charge is -2.40. The molecule has 2 aromatic carbocycles. The van der Waals surface area contributed by atoms with Crippen molar-refractivity contribution in [2.24, 2.45) is 0 Å². The molecule has 0 saturated heterocycles. The van der Waals surface area contributed by atoms with E-state index in [-0.39, 0.29) is 53.8 Å². The van der Waals surface area contributed by atoms with Gasteiger partial charge in [-0.15, -0.1) is 0 Å². The van der Waals surface area contributed by atoms with Gasteiger partial charge in [-0.05, 0) is 61.6 Å². The van der Waals surface area contributed by atoms with Gasteiger partial charge in [0.05, 0.1) is 22.9 Å². The molecule has 1 saturated carbocycles. The lowest BCUT2D eigenvalue weighted by molar-refractivity contribution is -0.348. The standard InChI is InChI=1S/C26H21F8N3O3S/c27-19-5-7-21(8-6-19)41(39,40)23(12-9-20(10-13-23)37-22(38)16-11-14-35-36-15-16)17-1-3-18(4-2-17)24(28,25(29,30)31)26(32,33)34/h1-8,11,14-15,20H,9-10,12-13H2,(H,37,38). The van der Waals surface area contributed by atoms with Crippen LogP contribution in [0.25, 0.3) is 0 Å². The first-order valence-corrected chi connectivity index (χ1v) is 13.5. The lowest BCUT2D eigenvalue weighted by Crippen LogP contribution is -2.50. The van der Waals surface area contributed by atoms with Crippen molar-refractivity contribution in [2.75, 3.05) is 0 Å². The van der Waals surface area contributed by atoms with E-state index >= 15 is 0 Å². The first-order valence-electron chi connectivity index (χ1n) is 12.0. The van der Waals surface area contributed by atoms with Crippen molar-refractivity contribution in [1.82, 2.24) is 15.5 Å². The number of halogens is 8. The number of nitrogens with one attached hydrogen (secondary N) is 1. The van der Waals surface area contributed by atoms with Crippen LogP contribution in [-0.4, -0.2) is 42.9 Å². The SMILES string of the molecule is O=C(NC1CCC(c2ccc(C(F)(C(F)(F)F)C(F)(F)F)cc2)(S(=O)(=O)c2ccc(F)cc2)CC1)c1ccnnc1. The maximum Gasteiger partial charge on any atom is 0.435 e. The number of aromatic nitrogens is 2. The van der Waals surface area contributed by atoms with Crippen LogP contribution < -0.4 is 5.32 Å². The van der Waals surface area contributed by atoms with Gasteiger partial charge in [0.1, 0.15) is 10.6 Å². The van der Waals surface area contributed by atoms with Crippen LogP contribution in [0, 0.1) is 5.82 Å². The van der Waals surface area contributed by atoms with E-state index in [1.165, 1.54) is 18.5 Å². The van der Waals surface area contributed by atoms with Gasteiger partial charge in [0.25, 0.3) is 5.91 Å². The Morgan fingerprint density at radius 1 is 0.829 bits per heavy atom. The molecule has 0 spiro atoms. The maximum absolute atomic E-state index is 14.6. The zero-order chi connectivity index (χ0) is 30.3. The highest BCUT2D eigenvalue weighted by Crippen LogP contribution is 2.54. The summed E-state index contributed by atoms with van der Waals surface area (Å²) >= 11 is 0. The molecular weight excluding hydrogens is 586 g/mol. The fourth-order valence-corrected chi connectivity index (χ4v) is 7.13. The van der Waals surface area contributed by atoms with E-state index in [1.807, 2.05) is 0 Å². The lowest BCUT2D eigenvalue weighted by atomic mass is 9.80. The second-order valence-electron chi connectivity index (χ2n) is 9.56. The number of alkyl halides is 7. The molecule has 1 aliphatic carbocycles. The van der Waals surface area contributed by atoms with Gasteiger partial charge in [-0.1, -0.05) is 24.3 Å². The largest absolute Gasteiger partial charge is 0.435 e. The van der Waals surface area contributed by atoms with E-state index in [0.29, 0.717) is 0 Å². The average molecular weight is 608 g/mol. The quantitative estimate of drug-likeness (QED) is 0.277. The van der Waals surface area contributed by atoms with Crippen LogP contribution in [0.15, 0.2) is 71.9 Å². The third-order valence-corrected chi connectivity index (χ3v) is 9.77. The van der Waals surface area contributed by atoms with E-state index in [2.05, 4.69) is 15.5 Å². The molecule has 1 fully saturated rings. The van der Waals surface area contributed by atoms with Gasteiger partial charge in [-0.2, -0.15) is 36.5 Å². The highest BCUT2D eigenvalue weighted by atomic mass is 32.2. The molecule has 1 N–H and O–H groups in total. The van der Waals surface area contributed by atoms with E-state index in [1.54, 1.807) is 0 Å². The number of hydrogen-bond acceptors (Lipinski definition) is 5. The van der Waals surface area contributed by atoms with Crippen LogP contribution in [0.5, 0.6) is 0 Å². The first-order chi connectivity index (χ1) is 19.0. The molecule has 15 heteroatoms. The summed E-state index contributed by atoms with van der Waals surface area (Å²) in [6.07, 6.45) is -10.5. The van der Waals surface area contributed by atoms with Gasteiger partial charge in [-0.3, -0.25) is 4.79 Å². The number of sulfone groups is 1. The molecule has 1 aliphatic rings. The van der Waals surface area contributed by atoms with Crippen LogP contribution in [-0.2, 0) is 20.3 Å².